The van der Waals surface area contributed by atoms with Crippen LogP contribution in [0.4, 0.5) is 0 Å². The van der Waals surface area contributed by atoms with Gasteiger partial charge in [0.2, 0.25) is 0 Å². The van der Waals surface area contributed by atoms with Gasteiger partial charge in [0.15, 0.2) is 0 Å². The predicted molar refractivity (Wildman–Crippen MR) is 36.1 cm³/mol. The van der Waals surface area contributed by atoms with Gasteiger partial charge in [0.1, 0.15) is 0 Å². The molecule has 0 bridgehead atoms. The molecular weight excluding hydrogens is 166 g/mol. The van der Waals surface area contributed by atoms with Crippen LogP contribution in [-0.2, 0) is 9.59 Å². The van der Waals surface area contributed by atoms with E-state index >= 15 is 0 Å². The molecule has 0 heterocycles. The molecule has 0 aromatic rings. The van der Waals surface area contributed by atoms with Crippen LogP contribution < -0.4 is 5.32 Å². The van der Waals surface area contributed by atoms with Crippen LogP contribution in [0.25, 0.3) is 0 Å². The molecule has 0 aliphatic rings. The number of rotatable bonds is 4. The molecule has 0 unspecified atom stereocenters. The van der Waals surface area contributed by atoms with Crippen molar-refractivity contribution < 1.29 is 22.7 Å². The number of nitrogens with one attached hydrogen (secondary N) is 1. The second-order valence-electron chi connectivity index (χ2n) is 1.39. The van der Waals surface area contributed by atoms with Gasteiger partial charge in [0.25, 0.3) is 0 Å². The molecule has 5 nitrogen and oxygen atoms in total. The van der Waals surface area contributed by atoms with Gasteiger partial charge in [-0.3, -0.25) is 14.9 Å². The average Bonchev–Trinajstić information content (AvgIpc) is 1.63. The molecule has 0 radical (unpaired) electrons. The molecule has 0 aromatic carbocycles. The van der Waals surface area contributed by atoms with Crippen LogP contribution in [0.5, 0.6) is 0 Å². The van der Waals surface area contributed by atoms with Gasteiger partial charge in [0, 0.05) is 0 Å². The minimum atomic E-state index is -1.06. The van der Waals surface area contributed by atoms with Crippen molar-refractivity contribution in [1.82, 2.24) is 5.32 Å². The van der Waals surface area contributed by atoms with Crippen molar-refractivity contribution in [3.05, 3.63) is 0 Å². The summed E-state index contributed by atoms with van der Waals surface area (Å²) in [6.07, 6.45) is 0. The second kappa shape index (κ2) is 7.27. The third kappa shape index (κ3) is 11.0. The Morgan fingerprint density at radius 2 is 1.50 bits per heavy atom. The van der Waals surface area contributed by atoms with Crippen molar-refractivity contribution >= 4 is 49.7 Å². The molecule has 0 aromatic heterocycles. The van der Waals surface area contributed by atoms with E-state index in [9.17, 15) is 9.59 Å². The van der Waals surface area contributed by atoms with Crippen LogP contribution in [0.2, 0.25) is 0 Å². The molecule has 0 aliphatic carbocycles. The van der Waals surface area contributed by atoms with E-state index in [1.165, 1.54) is 0 Å². The summed E-state index contributed by atoms with van der Waals surface area (Å²) >= 11 is 0. The van der Waals surface area contributed by atoms with Crippen LogP contribution in [0.3, 0.4) is 0 Å². The predicted octanol–water partition coefficient (Wildman–Crippen LogP) is -1.41. The van der Waals surface area contributed by atoms with E-state index in [1.54, 1.807) is 0 Å². The minimum Gasteiger partial charge on any atom is -1.00 e. The van der Waals surface area contributed by atoms with Crippen LogP contribution in [0, 0.1) is 0 Å². The quantitative estimate of drug-likeness (QED) is 0.457. The Morgan fingerprint density at radius 3 is 1.70 bits per heavy atom. The normalized spacial score (nSPS) is 8.00. The maximum Gasteiger partial charge on any atom is 2.00 e. The summed E-state index contributed by atoms with van der Waals surface area (Å²) in [7, 11) is 0. The molecule has 0 spiro atoms. The van der Waals surface area contributed by atoms with Crippen molar-refractivity contribution in [3.63, 3.8) is 0 Å². The van der Waals surface area contributed by atoms with E-state index in [1.807, 2.05) is 0 Å². The first kappa shape index (κ1) is 12.8. The number of aliphatic carboxylic acids is 2. The van der Waals surface area contributed by atoms with Gasteiger partial charge < -0.3 is 13.1 Å². The van der Waals surface area contributed by atoms with E-state index in [0.29, 0.717) is 0 Å². The SMILES string of the molecule is O=C(O)CNCC(=O)O.[Ca+2].[H-].[H-]. The van der Waals surface area contributed by atoms with E-state index in [4.69, 9.17) is 10.2 Å². The van der Waals surface area contributed by atoms with Crippen molar-refractivity contribution in [2.45, 2.75) is 0 Å². The molecule has 0 saturated carbocycles. The number of carboxylic acids is 2. The first-order valence-corrected chi connectivity index (χ1v) is 2.27. The molecule has 6 heteroatoms. The van der Waals surface area contributed by atoms with E-state index in [0.717, 1.165) is 0 Å². The third-order valence-electron chi connectivity index (χ3n) is 0.552. The largest absolute Gasteiger partial charge is 2.00 e. The Kier molecular flexibility index (Phi) is 9.31. The van der Waals surface area contributed by atoms with Gasteiger partial charge in [-0.15, -0.1) is 0 Å². The molecule has 0 amide bonds. The zero-order chi connectivity index (χ0) is 7.28. The van der Waals surface area contributed by atoms with Crippen LogP contribution in [0.15, 0.2) is 0 Å². The first-order chi connectivity index (χ1) is 4.13. The van der Waals surface area contributed by atoms with Gasteiger partial charge >= 0.3 is 49.7 Å². The third-order valence-corrected chi connectivity index (χ3v) is 0.552. The topological polar surface area (TPSA) is 86.6 Å². The molecule has 0 atom stereocenters. The number of hydrogen-bond donors (Lipinski definition) is 3. The van der Waals surface area contributed by atoms with Gasteiger partial charge in [-0.05, 0) is 0 Å². The zero-order valence-corrected chi connectivity index (χ0v) is 7.54. The van der Waals surface area contributed by atoms with Gasteiger partial charge in [-0.25, -0.2) is 0 Å². The van der Waals surface area contributed by atoms with Gasteiger partial charge in [-0.1, -0.05) is 0 Å². The zero-order valence-electron chi connectivity index (χ0n) is 7.33. The summed E-state index contributed by atoms with van der Waals surface area (Å²) in [5, 5.41) is 18.1. The van der Waals surface area contributed by atoms with E-state index in [-0.39, 0.29) is 53.7 Å². The van der Waals surface area contributed by atoms with Gasteiger partial charge in [-0.2, -0.15) is 0 Å². The van der Waals surface area contributed by atoms with Crippen molar-refractivity contribution in [2.75, 3.05) is 13.1 Å². The fourth-order valence-corrected chi connectivity index (χ4v) is 0.276. The van der Waals surface area contributed by atoms with Crippen LogP contribution >= 0.6 is 0 Å². The molecule has 0 saturated heterocycles. The second-order valence-corrected chi connectivity index (χ2v) is 1.39. The molecule has 0 fully saturated rings. The summed E-state index contributed by atoms with van der Waals surface area (Å²) in [4.78, 5) is 19.5. The average molecular weight is 175 g/mol. The Morgan fingerprint density at radius 1 is 1.20 bits per heavy atom. The fraction of sp³-hybridized carbons (Fsp3) is 0.500. The monoisotopic (exact) mass is 175 g/mol. The summed E-state index contributed by atoms with van der Waals surface area (Å²) in [5.74, 6) is -2.12. The van der Waals surface area contributed by atoms with Crippen molar-refractivity contribution in [1.29, 1.82) is 0 Å². The van der Waals surface area contributed by atoms with Gasteiger partial charge in [0.05, 0.1) is 13.1 Å². The Labute approximate surface area is 90.4 Å². The smallest absolute Gasteiger partial charge is 1.00 e. The number of carboxylic acid groups (broad SMARTS) is 2. The summed E-state index contributed by atoms with van der Waals surface area (Å²) in [5.41, 5.74) is 0. The minimum absolute atomic E-state index is 0. The molecule has 0 rings (SSSR count). The van der Waals surface area contributed by atoms with E-state index < -0.39 is 11.9 Å². The summed E-state index contributed by atoms with van der Waals surface area (Å²) < 4.78 is 0. The molecule has 3 N–H and O–H groups in total. The summed E-state index contributed by atoms with van der Waals surface area (Å²) in [6.45, 7) is -0.626. The Bertz CT molecular complexity index is 120. The molecular formula is C4H9CaNO4. The molecule has 10 heavy (non-hydrogen) atoms. The molecule has 0 aliphatic heterocycles. The Balaban J connectivity index is -0.000000107. The number of carbonyl (C=O) groups is 2. The number of hydrogen-bond acceptors (Lipinski definition) is 3. The van der Waals surface area contributed by atoms with Crippen molar-refractivity contribution in [2.24, 2.45) is 0 Å². The standard InChI is InChI=1S/C4H7NO4.Ca.2H/c6-3(7)1-5-2-4(8)9;;;/h5H,1-2H2,(H,6,7)(H,8,9);;;/q;+2;2*-1. The maximum atomic E-state index is 9.73. The van der Waals surface area contributed by atoms with E-state index in [2.05, 4.69) is 5.32 Å². The Hall–Kier alpha value is 0.160. The summed E-state index contributed by atoms with van der Waals surface area (Å²) in [6, 6.07) is 0. The first-order valence-electron chi connectivity index (χ1n) is 2.27. The van der Waals surface area contributed by atoms with Crippen molar-refractivity contribution in [3.8, 4) is 0 Å². The molecule has 56 valence electrons. The maximum absolute atomic E-state index is 9.73. The van der Waals surface area contributed by atoms with Crippen LogP contribution in [0.1, 0.15) is 2.85 Å². The fourth-order valence-electron chi connectivity index (χ4n) is 0.276. The van der Waals surface area contributed by atoms with Crippen LogP contribution in [-0.4, -0.2) is 73.0 Å².